The van der Waals surface area contributed by atoms with Crippen molar-refractivity contribution in [3.63, 3.8) is 0 Å². The summed E-state index contributed by atoms with van der Waals surface area (Å²) in [5.41, 5.74) is 1.54. The summed E-state index contributed by atoms with van der Waals surface area (Å²) in [5.74, 6) is 1.40. The Balaban J connectivity index is 3.22. The summed E-state index contributed by atoms with van der Waals surface area (Å²) in [5, 5.41) is 0. The minimum atomic E-state index is -0.0662. The monoisotopic (exact) mass is 186 g/mol. The normalized spacial score (nSPS) is 10.3. The molecular formula is C9H11ClO2. The molecule has 0 aliphatic rings. The van der Waals surface area contributed by atoms with Gasteiger partial charge in [0.1, 0.15) is 11.5 Å². The molecule has 3 heteroatoms. The molecule has 12 heavy (non-hydrogen) atoms. The molecule has 1 heterocycles. The van der Waals surface area contributed by atoms with E-state index in [1.165, 1.54) is 0 Å². The van der Waals surface area contributed by atoms with Gasteiger partial charge in [0.15, 0.2) is 5.78 Å². The Bertz CT molecular complexity index is 313. The minimum Gasteiger partial charge on any atom is -0.466 e. The molecule has 1 rings (SSSR count). The Labute approximate surface area is 76.5 Å². The third-order valence-corrected chi connectivity index (χ3v) is 2.20. The summed E-state index contributed by atoms with van der Waals surface area (Å²) in [6, 6.07) is 0. The number of ketones is 1. The standard InChI is InChI=1S/C9H11ClO2/c1-5-6(2)12-7(3)9(5)8(11)4-10/h4H2,1-3H3. The van der Waals surface area contributed by atoms with Crippen molar-refractivity contribution in [2.75, 3.05) is 5.88 Å². The van der Waals surface area contributed by atoms with Gasteiger partial charge in [0.2, 0.25) is 0 Å². The molecule has 0 amide bonds. The molecule has 0 atom stereocenters. The van der Waals surface area contributed by atoms with Crippen LogP contribution in [0.4, 0.5) is 0 Å². The highest BCUT2D eigenvalue weighted by atomic mass is 35.5. The first-order valence-corrected chi connectivity index (χ1v) is 4.27. The maximum absolute atomic E-state index is 11.3. The molecule has 0 bridgehead atoms. The van der Waals surface area contributed by atoms with E-state index in [2.05, 4.69) is 0 Å². The molecule has 0 spiro atoms. The maximum Gasteiger partial charge on any atom is 0.181 e. The lowest BCUT2D eigenvalue weighted by Crippen LogP contribution is -2.02. The number of hydrogen-bond donors (Lipinski definition) is 0. The molecule has 0 saturated heterocycles. The first-order chi connectivity index (χ1) is 5.57. The largest absolute Gasteiger partial charge is 0.466 e. The van der Waals surface area contributed by atoms with E-state index in [0.29, 0.717) is 11.3 Å². The third kappa shape index (κ3) is 1.39. The van der Waals surface area contributed by atoms with Crippen LogP contribution in [0.5, 0.6) is 0 Å². The number of halogens is 1. The highest BCUT2D eigenvalue weighted by Gasteiger charge is 2.16. The quantitative estimate of drug-likeness (QED) is 0.525. The van der Waals surface area contributed by atoms with Crippen molar-refractivity contribution in [1.29, 1.82) is 0 Å². The predicted octanol–water partition coefficient (Wildman–Crippen LogP) is 2.63. The molecule has 0 N–H and O–H groups in total. The molecule has 1 aromatic heterocycles. The van der Waals surface area contributed by atoms with Crippen molar-refractivity contribution in [3.05, 3.63) is 22.6 Å². The van der Waals surface area contributed by atoms with Crippen LogP contribution in [0.25, 0.3) is 0 Å². The molecule has 0 aliphatic carbocycles. The van der Waals surface area contributed by atoms with Gasteiger partial charge in [-0.1, -0.05) is 0 Å². The molecule has 0 fully saturated rings. The van der Waals surface area contributed by atoms with Crippen molar-refractivity contribution in [2.45, 2.75) is 20.8 Å². The molecule has 0 saturated carbocycles. The van der Waals surface area contributed by atoms with Gasteiger partial charge in [0, 0.05) is 5.56 Å². The Kier molecular flexibility index (Phi) is 2.58. The van der Waals surface area contributed by atoms with Gasteiger partial charge in [-0.15, -0.1) is 11.6 Å². The van der Waals surface area contributed by atoms with E-state index < -0.39 is 0 Å². The van der Waals surface area contributed by atoms with E-state index in [1.807, 2.05) is 13.8 Å². The topological polar surface area (TPSA) is 30.2 Å². The number of carbonyl (C=O) groups excluding carboxylic acids is 1. The second-order valence-electron chi connectivity index (χ2n) is 2.77. The lowest BCUT2D eigenvalue weighted by atomic mass is 10.1. The lowest BCUT2D eigenvalue weighted by molar-refractivity contribution is 0.101. The number of carbonyl (C=O) groups is 1. The van der Waals surface area contributed by atoms with Gasteiger partial charge >= 0.3 is 0 Å². The van der Waals surface area contributed by atoms with Crippen LogP contribution in [0.1, 0.15) is 27.4 Å². The van der Waals surface area contributed by atoms with E-state index in [1.54, 1.807) is 6.92 Å². The zero-order valence-corrected chi connectivity index (χ0v) is 8.16. The molecule has 2 nitrogen and oxygen atoms in total. The van der Waals surface area contributed by atoms with Crippen LogP contribution in [-0.2, 0) is 0 Å². The Hall–Kier alpha value is -0.760. The van der Waals surface area contributed by atoms with Crippen LogP contribution in [0.3, 0.4) is 0 Å². The lowest BCUT2D eigenvalue weighted by Gasteiger charge is -1.94. The highest BCUT2D eigenvalue weighted by molar-refractivity contribution is 6.30. The second-order valence-corrected chi connectivity index (χ2v) is 3.04. The molecule has 0 aliphatic heterocycles. The first-order valence-electron chi connectivity index (χ1n) is 3.73. The van der Waals surface area contributed by atoms with Crippen LogP contribution in [-0.4, -0.2) is 11.7 Å². The van der Waals surface area contributed by atoms with Gasteiger partial charge < -0.3 is 4.42 Å². The molecular weight excluding hydrogens is 176 g/mol. The van der Waals surface area contributed by atoms with Crippen LogP contribution < -0.4 is 0 Å². The Morgan fingerprint density at radius 3 is 2.25 bits per heavy atom. The van der Waals surface area contributed by atoms with E-state index in [-0.39, 0.29) is 11.7 Å². The summed E-state index contributed by atoms with van der Waals surface area (Å²) in [7, 11) is 0. The number of furan rings is 1. The van der Waals surface area contributed by atoms with Crippen molar-refractivity contribution < 1.29 is 9.21 Å². The van der Waals surface area contributed by atoms with Crippen molar-refractivity contribution in [1.82, 2.24) is 0 Å². The fourth-order valence-electron chi connectivity index (χ4n) is 1.27. The zero-order chi connectivity index (χ0) is 9.30. The summed E-state index contributed by atoms with van der Waals surface area (Å²) in [6.45, 7) is 5.48. The van der Waals surface area contributed by atoms with Crippen LogP contribution >= 0.6 is 11.6 Å². The number of rotatable bonds is 2. The van der Waals surface area contributed by atoms with Gasteiger partial charge in [-0.25, -0.2) is 0 Å². The molecule has 1 aromatic rings. The third-order valence-electron chi connectivity index (χ3n) is 1.96. The van der Waals surface area contributed by atoms with Gasteiger partial charge in [0.05, 0.1) is 11.4 Å². The summed E-state index contributed by atoms with van der Waals surface area (Å²) < 4.78 is 5.29. The number of alkyl halides is 1. The number of Topliss-reactive ketones (excluding diaryl/α,β-unsaturated/α-hetero) is 1. The van der Waals surface area contributed by atoms with E-state index in [4.69, 9.17) is 16.0 Å². The Morgan fingerprint density at radius 2 is 1.92 bits per heavy atom. The van der Waals surface area contributed by atoms with Gasteiger partial charge in [0.25, 0.3) is 0 Å². The van der Waals surface area contributed by atoms with Crippen molar-refractivity contribution >= 4 is 17.4 Å². The van der Waals surface area contributed by atoms with Crippen LogP contribution in [0, 0.1) is 20.8 Å². The average Bonchev–Trinajstić information content (AvgIpc) is 2.26. The zero-order valence-electron chi connectivity index (χ0n) is 7.40. The van der Waals surface area contributed by atoms with Crippen molar-refractivity contribution in [3.8, 4) is 0 Å². The summed E-state index contributed by atoms with van der Waals surface area (Å²) in [6.07, 6.45) is 0. The van der Waals surface area contributed by atoms with Crippen LogP contribution in [0.15, 0.2) is 4.42 Å². The van der Waals surface area contributed by atoms with Crippen LogP contribution in [0.2, 0.25) is 0 Å². The van der Waals surface area contributed by atoms with Crippen molar-refractivity contribution in [2.24, 2.45) is 0 Å². The molecule has 0 aromatic carbocycles. The fraction of sp³-hybridized carbons (Fsp3) is 0.444. The molecule has 0 radical (unpaired) electrons. The summed E-state index contributed by atoms with van der Waals surface area (Å²) >= 11 is 5.45. The van der Waals surface area contributed by atoms with Gasteiger partial charge in [-0.3, -0.25) is 4.79 Å². The molecule has 0 unspecified atom stereocenters. The SMILES string of the molecule is Cc1oc(C)c(C(=O)CCl)c1C. The smallest absolute Gasteiger partial charge is 0.181 e. The van der Waals surface area contributed by atoms with E-state index >= 15 is 0 Å². The maximum atomic E-state index is 11.3. The number of aryl methyl sites for hydroxylation is 2. The van der Waals surface area contributed by atoms with Gasteiger partial charge in [-0.05, 0) is 20.8 Å². The minimum absolute atomic E-state index is 0.0145. The Morgan fingerprint density at radius 1 is 1.33 bits per heavy atom. The molecule has 66 valence electrons. The highest BCUT2D eigenvalue weighted by Crippen LogP contribution is 2.21. The van der Waals surface area contributed by atoms with E-state index in [9.17, 15) is 4.79 Å². The summed E-state index contributed by atoms with van der Waals surface area (Å²) in [4.78, 5) is 11.3. The number of hydrogen-bond acceptors (Lipinski definition) is 2. The first kappa shape index (κ1) is 9.33. The van der Waals surface area contributed by atoms with E-state index in [0.717, 1.165) is 11.3 Å². The van der Waals surface area contributed by atoms with Gasteiger partial charge in [-0.2, -0.15) is 0 Å². The predicted molar refractivity (Wildman–Crippen MR) is 48.0 cm³/mol. The second kappa shape index (κ2) is 3.31. The average molecular weight is 187 g/mol. The fourth-order valence-corrected chi connectivity index (χ4v) is 1.40.